The summed E-state index contributed by atoms with van der Waals surface area (Å²) in [6, 6.07) is 14.8. The van der Waals surface area contributed by atoms with Gasteiger partial charge < -0.3 is 10.6 Å². The van der Waals surface area contributed by atoms with Gasteiger partial charge in [-0.25, -0.2) is 8.78 Å². The van der Waals surface area contributed by atoms with Crippen molar-refractivity contribution in [2.45, 2.75) is 19.5 Å². The highest BCUT2D eigenvalue weighted by molar-refractivity contribution is 5.92. The highest BCUT2D eigenvalue weighted by Crippen LogP contribution is 2.18. The molecule has 0 aliphatic heterocycles. The molecule has 0 aliphatic carbocycles. The second-order valence-corrected chi connectivity index (χ2v) is 6.54. The Morgan fingerprint density at radius 1 is 1.10 bits per heavy atom. The number of benzene rings is 2. The van der Waals surface area contributed by atoms with E-state index in [4.69, 9.17) is 0 Å². The number of carbonyl (C=O) groups is 1. The van der Waals surface area contributed by atoms with Gasteiger partial charge in [-0.15, -0.1) is 0 Å². The molecule has 1 aromatic heterocycles. The predicted octanol–water partition coefficient (Wildman–Crippen LogP) is 4.86. The monoisotopic (exact) mass is 393 g/mol. The lowest BCUT2D eigenvalue weighted by Crippen LogP contribution is -2.24. The third-order valence-electron chi connectivity index (χ3n) is 4.37. The summed E-state index contributed by atoms with van der Waals surface area (Å²) in [5, 5.41) is 6.12. The molecular weight excluding hydrogens is 372 g/mol. The van der Waals surface area contributed by atoms with E-state index >= 15 is 0 Å². The molecule has 3 rings (SSSR count). The van der Waals surface area contributed by atoms with Crippen LogP contribution in [0, 0.1) is 11.6 Å². The fraction of sp³-hybridized carbons (Fsp3) is 0.130. The van der Waals surface area contributed by atoms with Crippen molar-refractivity contribution in [1.29, 1.82) is 0 Å². The first kappa shape index (κ1) is 20.2. The Hall–Kier alpha value is -3.54. The molecule has 4 nitrogen and oxygen atoms in total. The van der Waals surface area contributed by atoms with Crippen LogP contribution in [0.25, 0.3) is 6.08 Å². The zero-order chi connectivity index (χ0) is 20.6. The standard InChI is InChI=1S/C23H21F2N3O/c1-16(28-23(29)11-10-20-21(24)8-3-9-22(20)25)18-6-2-7-19(13-18)27-15-17-5-4-12-26-14-17/h2-14,16,27H,15H2,1H3,(H,28,29)/b11-10+/t16-/m0/s1. The molecule has 0 radical (unpaired) electrons. The van der Waals surface area contributed by atoms with Gasteiger partial charge in [0.15, 0.2) is 0 Å². The largest absolute Gasteiger partial charge is 0.381 e. The number of pyridine rings is 1. The van der Waals surface area contributed by atoms with E-state index in [2.05, 4.69) is 15.6 Å². The first-order valence-electron chi connectivity index (χ1n) is 9.18. The quantitative estimate of drug-likeness (QED) is 0.564. The third-order valence-corrected chi connectivity index (χ3v) is 4.37. The van der Waals surface area contributed by atoms with Crippen LogP contribution >= 0.6 is 0 Å². The lowest BCUT2D eigenvalue weighted by atomic mass is 10.1. The second kappa shape index (κ2) is 9.59. The van der Waals surface area contributed by atoms with E-state index < -0.39 is 17.5 Å². The zero-order valence-electron chi connectivity index (χ0n) is 15.9. The molecule has 3 aromatic rings. The van der Waals surface area contributed by atoms with Gasteiger partial charge in [-0.3, -0.25) is 9.78 Å². The molecule has 0 fully saturated rings. The number of nitrogens with zero attached hydrogens (tertiary/aromatic N) is 1. The van der Waals surface area contributed by atoms with Crippen LogP contribution in [0.3, 0.4) is 0 Å². The van der Waals surface area contributed by atoms with E-state index in [0.29, 0.717) is 6.54 Å². The summed E-state index contributed by atoms with van der Waals surface area (Å²) in [5.74, 6) is -1.86. The van der Waals surface area contributed by atoms with E-state index in [9.17, 15) is 13.6 Å². The van der Waals surface area contributed by atoms with Gasteiger partial charge in [0.05, 0.1) is 6.04 Å². The molecule has 0 saturated heterocycles. The van der Waals surface area contributed by atoms with E-state index in [1.165, 1.54) is 6.07 Å². The maximum Gasteiger partial charge on any atom is 0.244 e. The molecule has 6 heteroatoms. The maximum absolute atomic E-state index is 13.6. The topological polar surface area (TPSA) is 54.0 Å². The summed E-state index contributed by atoms with van der Waals surface area (Å²) >= 11 is 0. The van der Waals surface area contributed by atoms with Gasteiger partial charge in [-0.05, 0) is 54.5 Å². The number of carbonyl (C=O) groups excluding carboxylic acids is 1. The Morgan fingerprint density at radius 3 is 2.59 bits per heavy atom. The van der Waals surface area contributed by atoms with E-state index in [1.807, 2.05) is 43.3 Å². The highest BCUT2D eigenvalue weighted by Gasteiger charge is 2.10. The molecule has 0 saturated carbocycles. The fourth-order valence-corrected chi connectivity index (χ4v) is 2.80. The summed E-state index contributed by atoms with van der Waals surface area (Å²) < 4.78 is 27.3. The predicted molar refractivity (Wildman–Crippen MR) is 110 cm³/mol. The maximum atomic E-state index is 13.6. The Kier molecular flexibility index (Phi) is 6.68. The van der Waals surface area contributed by atoms with Crippen molar-refractivity contribution in [2.24, 2.45) is 0 Å². The number of aromatic nitrogens is 1. The Labute approximate surface area is 168 Å². The van der Waals surface area contributed by atoms with Crippen molar-refractivity contribution in [3.05, 3.63) is 101 Å². The molecule has 2 N–H and O–H groups in total. The van der Waals surface area contributed by atoms with Gasteiger partial charge in [0, 0.05) is 36.3 Å². The van der Waals surface area contributed by atoms with Crippen molar-refractivity contribution in [2.75, 3.05) is 5.32 Å². The molecule has 0 bridgehead atoms. The van der Waals surface area contributed by atoms with Crippen LogP contribution in [0.5, 0.6) is 0 Å². The zero-order valence-corrected chi connectivity index (χ0v) is 15.9. The van der Waals surface area contributed by atoms with Gasteiger partial charge in [0.25, 0.3) is 0 Å². The van der Waals surface area contributed by atoms with Gasteiger partial charge >= 0.3 is 0 Å². The van der Waals surface area contributed by atoms with Crippen LogP contribution < -0.4 is 10.6 Å². The van der Waals surface area contributed by atoms with Crippen molar-refractivity contribution in [3.8, 4) is 0 Å². The molecule has 0 spiro atoms. The minimum Gasteiger partial charge on any atom is -0.381 e. The van der Waals surface area contributed by atoms with Crippen molar-refractivity contribution in [3.63, 3.8) is 0 Å². The SMILES string of the molecule is C[C@H](NC(=O)/C=C/c1c(F)cccc1F)c1cccc(NCc2cccnc2)c1. The van der Waals surface area contributed by atoms with Gasteiger partial charge in [0.2, 0.25) is 5.91 Å². The average molecular weight is 393 g/mol. The molecular formula is C23H21F2N3O. The van der Waals surface area contributed by atoms with Crippen molar-refractivity contribution >= 4 is 17.7 Å². The van der Waals surface area contributed by atoms with Gasteiger partial charge in [0.1, 0.15) is 11.6 Å². The number of amides is 1. The average Bonchev–Trinajstić information content (AvgIpc) is 2.73. The van der Waals surface area contributed by atoms with Crippen LogP contribution in [0.2, 0.25) is 0 Å². The second-order valence-electron chi connectivity index (χ2n) is 6.54. The molecule has 1 heterocycles. The highest BCUT2D eigenvalue weighted by atomic mass is 19.1. The number of hydrogen-bond acceptors (Lipinski definition) is 3. The Morgan fingerprint density at radius 2 is 1.86 bits per heavy atom. The summed E-state index contributed by atoms with van der Waals surface area (Å²) in [5.41, 5.74) is 2.64. The lowest BCUT2D eigenvalue weighted by Gasteiger charge is -2.15. The number of rotatable bonds is 7. The van der Waals surface area contributed by atoms with E-state index in [-0.39, 0.29) is 11.6 Å². The summed E-state index contributed by atoms with van der Waals surface area (Å²) in [6.45, 7) is 2.48. The van der Waals surface area contributed by atoms with Crippen LogP contribution in [0.1, 0.15) is 29.7 Å². The molecule has 0 aliphatic rings. The number of nitrogens with one attached hydrogen (secondary N) is 2. The summed E-state index contributed by atoms with van der Waals surface area (Å²) in [4.78, 5) is 16.2. The molecule has 2 aromatic carbocycles. The molecule has 29 heavy (non-hydrogen) atoms. The first-order valence-corrected chi connectivity index (χ1v) is 9.18. The molecule has 0 unspecified atom stereocenters. The third kappa shape index (κ3) is 5.72. The minimum atomic E-state index is -0.713. The summed E-state index contributed by atoms with van der Waals surface area (Å²) in [7, 11) is 0. The van der Waals surface area contributed by atoms with Crippen LogP contribution in [-0.2, 0) is 11.3 Å². The summed E-state index contributed by atoms with van der Waals surface area (Å²) in [6.07, 6.45) is 5.79. The Balaban J connectivity index is 1.60. The number of anilines is 1. The molecule has 1 amide bonds. The van der Waals surface area contributed by atoms with Gasteiger partial charge in [-0.2, -0.15) is 0 Å². The number of hydrogen-bond donors (Lipinski definition) is 2. The van der Waals surface area contributed by atoms with E-state index in [0.717, 1.165) is 41.1 Å². The van der Waals surface area contributed by atoms with E-state index in [1.54, 1.807) is 12.4 Å². The van der Waals surface area contributed by atoms with Crippen LogP contribution in [0.15, 0.2) is 73.1 Å². The van der Waals surface area contributed by atoms with Crippen LogP contribution in [0.4, 0.5) is 14.5 Å². The molecule has 148 valence electrons. The Bertz CT molecular complexity index is 986. The van der Waals surface area contributed by atoms with Crippen molar-refractivity contribution in [1.82, 2.24) is 10.3 Å². The van der Waals surface area contributed by atoms with Crippen LogP contribution in [-0.4, -0.2) is 10.9 Å². The minimum absolute atomic E-state index is 0.239. The first-order chi connectivity index (χ1) is 14.0. The van der Waals surface area contributed by atoms with Gasteiger partial charge in [-0.1, -0.05) is 24.3 Å². The normalized spacial score (nSPS) is 12.0. The van der Waals surface area contributed by atoms with Crippen molar-refractivity contribution < 1.29 is 13.6 Å². The fourth-order valence-electron chi connectivity index (χ4n) is 2.80. The lowest BCUT2D eigenvalue weighted by molar-refractivity contribution is -0.117. The smallest absolute Gasteiger partial charge is 0.244 e. The number of halogens is 2. The molecule has 1 atom stereocenters.